The first-order chi connectivity index (χ1) is 13.8. The predicted octanol–water partition coefficient (Wildman–Crippen LogP) is 3.77. The van der Waals surface area contributed by atoms with Gasteiger partial charge in [0.1, 0.15) is 5.75 Å². The van der Waals surface area contributed by atoms with Gasteiger partial charge in [0.25, 0.3) is 5.91 Å². The Kier molecular flexibility index (Phi) is 4.66. The number of ether oxygens (including phenoxy) is 1. The van der Waals surface area contributed by atoms with Crippen LogP contribution in [0.4, 0.5) is 13.2 Å². The highest BCUT2D eigenvalue weighted by molar-refractivity contribution is 7.71. The number of rotatable bonds is 4. The molecule has 0 bridgehead atoms. The number of aromatic nitrogens is 4. The first kappa shape index (κ1) is 18.9. The van der Waals surface area contributed by atoms with Crippen molar-refractivity contribution in [3.05, 3.63) is 64.7 Å². The summed E-state index contributed by atoms with van der Waals surface area (Å²) in [7, 11) is 0. The van der Waals surface area contributed by atoms with Crippen molar-refractivity contribution in [2.24, 2.45) is 0 Å². The van der Waals surface area contributed by atoms with E-state index < -0.39 is 18.0 Å². The Hall–Kier alpha value is -3.47. The van der Waals surface area contributed by atoms with Gasteiger partial charge in [0, 0.05) is 11.6 Å². The van der Waals surface area contributed by atoms with Crippen LogP contribution in [0.25, 0.3) is 16.6 Å². The molecule has 0 unspecified atom stereocenters. The summed E-state index contributed by atoms with van der Waals surface area (Å²) in [6, 6.07) is 10.5. The lowest BCUT2D eigenvalue weighted by Gasteiger charge is -2.12. The Balaban J connectivity index is 1.59. The molecule has 0 saturated carbocycles. The molecule has 4 aromatic rings. The Bertz CT molecular complexity index is 1280. The lowest BCUT2D eigenvalue weighted by Crippen LogP contribution is -2.25. The number of hydrogen-bond acceptors (Lipinski definition) is 5. The average molecular weight is 419 g/mol. The van der Waals surface area contributed by atoms with Crippen LogP contribution in [0.2, 0.25) is 0 Å². The van der Waals surface area contributed by atoms with Gasteiger partial charge in [-0.3, -0.25) is 9.89 Å². The standard InChI is InChI=1S/C18H12F3N5O2S/c19-18(20,21)28-14-6-2-1-4-12(14)16(27)23-9-10-8-13-11-5-3-7-22-15(11)24-17(29)26(13)25-10/h1-8,25H,9H2,(H,23,27). The van der Waals surface area contributed by atoms with Gasteiger partial charge in [-0.15, -0.1) is 13.2 Å². The number of nitrogens with zero attached hydrogens (tertiary/aromatic N) is 3. The van der Waals surface area contributed by atoms with Crippen LogP contribution in [0.5, 0.6) is 5.75 Å². The molecule has 0 aliphatic carbocycles. The number of pyridine rings is 1. The summed E-state index contributed by atoms with van der Waals surface area (Å²) >= 11 is 5.24. The highest BCUT2D eigenvalue weighted by Crippen LogP contribution is 2.26. The minimum Gasteiger partial charge on any atom is -0.405 e. The average Bonchev–Trinajstić information content (AvgIpc) is 3.11. The Morgan fingerprint density at radius 2 is 2.03 bits per heavy atom. The van der Waals surface area contributed by atoms with Crippen LogP contribution in [0, 0.1) is 4.77 Å². The van der Waals surface area contributed by atoms with Gasteiger partial charge in [0.05, 0.1) is 23.3 Å². The number of amides is 1. The summed E-state index contributed by atoms with van der Waals surface area (Å²) in [5, 5.41) is 6.34. The first-order valence-electron chi connectivity index (χ1n) is 8.30. The normalized spacial score (nSPS) is 11.7. The minimum atomic E-state index is -4.90. The molecular weight excluding hydrogens is 407 g/mol. The summed E-state index contributed by atoms with van der Waals surface area (Å²) in [5.41, 5.74) is 1.56. The van der Waals surface area contributed by atoms with E-state index in [-0.39, 0.29) is 16.9 Å². The Labute approximate surface area is 166 Å². The zero-order valence-electron chi connectivity index (χ0n) is 14.5. The molecule has 3 heterocycles. The van der Waals surface area contributed by atoms with Gasteiger partial charge >= 0.3 is 6.36 Å². The highest BCUT2D eigenvalue weighted by Gasteiger charge is 2.32. The van der Waals surface area contributed by atoms with Crippen LogP contribution in [-0.4, -0.2) is 31.9 Å². The van der Waals surface area contributed by atoms with Crippen LogP contribution >= 0.6 is 12.2 Å². The second-order valence-corrected chi connectivity index (χ2v) is 6.36. The molecule has 0 fully saturated rings. The van der Waals surface area contributed by atoms with Crippen LogP contribution in [0.15, 0.2) is 48.7 Å². The quantitative estimate of drug-likeness (QED) is 0.492. The maximum atomic E-state index is 12.5. The zero-order chi connectivity index (χ0) is 20.6. The molecule has 0 spiro atoms. The van der Waals surface area contributed by atoms with E-state index in [1.165, 1.54) is 18.2 Å². The zero-order valence-corrected chi connectivity index (χ0v) is 15.3. The molecule has 0 aliphatic rings. The topological polar surface area (TPSA) is 84.3 Å². The van der Waals surface area contributed by atoms with Gasteiger partial charge in [-0.25, -0.2) is 9.50 Å². The number of aromatic amines is 1. The molecule has 0 radical (unpaired) electrons. The van der Waals surface area contributed by atoms with Crippen molar-refractivity contribution in [2.45, 2.75) is 12.9 Å². The molecule has 3 aromatic heterocycles. The summed E-state index contributed by atoms with van der Waals surface area (Å²) in [4.78, 5) is 20.8. The summed E-state index contributed by atoms with van der Waals surface area (Å²) in [6.45, 7) is 0.0252. The van der Waals surface area contributed by atoms with Crippen molar-refractivity contribution in [2.75, 3.05) is 0 Å². The largest absolute Gasteiger partial charge is 0.573 e. The number of carbonyl (C=O) groups excluding carboxylic acids is 1. The third-order valence-electron chi connectivity index (χ3n) is 4.06. The maximum Gasteiger partial charge on any atom is 0.573 e. The number of para-hydroxylation sites is 1. The molecule has 1 amide bonds. The third kappa shape index (κ3) is 3.90. The first-order valence-corrected chi connectivity index (χ1v) is 8.71. The van der Waals surface area contributed by atoms with Gasteiger partial charge in [0.15, 0.2) is 5.65 Å². The lowest BCUT2D eigenvalue weighted by atomic mass is 10.2. The number of alkyl halides is 3. The van der Waals surface area contributed by atoms with E-state index in [2.05, 4.69) is 25.1 Å². The third-order valence-corrected chi connectivity index (χ3v) is 4.33. The van der Waals surface area contributed by atoms with Crippen LogP contribution in [-0.2, 0) is 6.54 Å². The van der Waals surface area contributed by atoms with E-state index in [4.69, 9.17) is 12.2 Å². The van der Waals surface area contributed by atoms with Crippen molar-refractivity contribution in [3.63, 3.8) is 0 Å². The smallest absolute Gasteiger partial charge is 0.405 e. The van der Waals surface area contributed by atoms with Crippen molar-refractivity contribution >= 4 is 34.7 Å². The van der Waals surface area contributed by atoms with Gasteiger partial charge < -0.3 is 10.1 Å². The summed E-state index contributed by atoms with van der Waals surface area (Å²) in [6.07, 6.45) is -3.29. The Morgan fingerprint density at radius 1 is 1.24 bits per heavy atom. The Morgan fingerprint density at radius 3 is 2.83 bits per heavy atom. The van der Waals surface area contributed by atoms with Crippen molar-refractivity contribution in [3.8, 4) is 5.75 Å². The fourth-order valence-electron chi connectivity index (χ4n) is 2.87. The second kappa shape index (κ2) is 7.17. The fraction of sp³-hybridized carbons (Fsp3) is 0.111. The van der Waals surface area contributed by atoms with E-state index in [9.17, 15) is 18.0 Å². The molecule has 1 aromatic carbocycles. The molecule has 0 aliphatic heterocycles. The van der Waals surface area contributed by atoms with Crippen LogP contribution in [0.3, 0.4) is 0 Å². The molecule has 0 atom stereocenters. The number of fused-ring (bicyclic) bond motifs is 3. The number of hydrogen-bond donors (Lipinski definition) is 2. The molecule has 4 rings (SSSR count). The summed E-state index contributed by atoms with van der Waals surface area (Å²) < 4.78 is 43.4. The van der Waals surface area contributed by atoms with E-state index in [1.54, 1.807) is 22.8 Å². The fourth-order valence-corrected chi connectivity index (χ4v) is 3.10. The minimum absolute atomic E-state index is 0.0252. The van der Waals surface area contributed by atoms with E-state index in [0.29, 0.717) is 11.3 Å². The van der Waals surface area contributed by atoms with E-state index in [0.717, 1.165) is 17.0 Å². The number of benzene rings is 1. The maximum absolute atomic E-state index is 12.5. The molecule has 11 heteroatoms. The van der Waals surface area contributed by atoms with Gasteiger partial charge in [0.2, 0.25) is 4.77 Å². The van der Waals surface area contributed by atoms with Crippen LogP contribution in [0.1, 0.15) is 16.1 Å². The highest BCUT2D eigenvalue weighted by atomic mass is 32.1. The van der Waals surface area contributed by atoms with Gasteiger partial charge in [-0.1, -0.05) is 12.1 Å². The number of H-pyrrole nitrogens is 1. The monoisotopic (exact) mass is 419 g/mol. The number of carbonyl (C=O) groups is 1. The molecule has 0 saturated heterocycles. The van der Waals surface area contributed by atoms with Crippen molar-refractivity contribution in [1.82, 2.24) is 24.9 Å². The van der Waals surface area contributed by atoms with E-state index in [1.807, 2.05) is 6.07 Å². The molecule has 2 N–H and O–H groups in total. The van der Waals surface area contributed by atoms with Crippen molar-refractivity contribution in [1.29, 1.82) is 0 Å². The molecule has 7 nitrogen and oxygen atoms in total. The number of nitrogens with one attached hydrogen (secondary N) is 2. The van der Waals surface area contributed by atoms with Crippen molar-refractivity contribution < 1.29 is 22.7 Å². The van der Waals surface area contributed by atoms with Crippen LogP contribution < -0.4 is 10.1 Å². The predicted molar refractivity (Wildman–Crippen MR) is 100.0 cm³/mol. The molecule has 148 valence electrons. The van der Waals surface area contributed by atoms with Gasteiger partial charge in [-0.05, 0) is 42.5 Å². The second-order valence-electron chi connectivity index (χ2n) is 6.00. The molecular formula is C18H12F3N5O2S. The van der Waals surface area contributed by atoms with E-state index >= 15 is 0 Å². The molecule has 29 heavy (non-hydrogen) atoms. The summed E-state index contributed by atoms with van der Waals surface area (Å²) in [5.74, 6) is -1.28. The van der Waals surface area contributed by atoms with Gasteiger partial charge in [-0.2, -0.15) is 4.98 Å². The SMILES string of the molecule is O=C(NCc1cc2c3cccnc3nc(=S)n2[nH]1)c1ccccc1OC(F)(F)F. The lowest BCUT2D eigenvalue weighted by molar-refractivity contribution is -0.274. The number of halogens is 3.